The molecule has 9 nitrogen and oxygen atoms in total. The van der Waals surface area contributed by atoms with Crippen LogP contribution < -0.4 is 10.1 Å². The lowest BCUT2D eigenvalue weighted by molar-refractivity contribution is -0.00220. The number of urea groups is 1. The van der Waals surface area contributed by atoms with Crippen molar-refractivity contribution in [3.63, 3.8) is 0 Å². The molecule has 1 unspecified atom stereocenters. The normalized spacial score (nSPS) is 19.9. The van der Waals surface area contributed by atoms with E-state index in [1.807, 2.05) is 33.8 Å². The van der Waals surface area contributed by atoms with Gasteiger partial charge in [0.25, 0.3) is 0 Å². The molecule has 1 fully saturated rings. The van der Waals surface area contributed by atoms with Crippen molar-refractivity contribution in [2.75, 3.05) is 40.3 Å². The van der Waals surface area contributed by atoms with Crippen molar-refractivity contribution < 1.29 is 14.3 Å². The van der Waals surface area contributed by atoms with E-state index >= 15 is 0 Å². The average molecular weight is 386 g/mol. The average Bonchev–Trinajstić information content (AvgIpc) is 3.15. The van der Waals surface area contributed by atoms with Crippen LogP contribution in [0.15, 0.2) is 24.3 Å². The second-order valence-electron chi connectivity index (χ2n) is 7.06. The molecule has 1 atom stereocenters. The van der Waals surface area contributed by atoms with E-state index in [-0.39, 0.29) is 12.1 Å². The predicted octanol–water partition coefficient (Wildman–Crippen LogP) is 1.02. The van der Waals surface area contributed by atoms with E-state index in [0.29, 0.717) is 13.2 Å². The molecule has 150 valence electrons. The summed E-state index contributed by atoms with van der Waals surface area (Å²) < 4.78 is 13.3. The van der Waals surface area contributed by atoms with Gasteiger partial charge in [-0.15, -0.1) is 5.10 Å². The fourth-order valence-corrected chi connectivity index (χ4v) is 3.68. The van der Waals surface area contributed by atoms with Crippen molar-refractivity contribution in [3.8, 4) is 5.75 Å². The molecular weight excluding hydrogens is 360 g/mol. The number of amides is 2. The summed E-state index contributed by atoms with van der Waals surface area (Å²) in [5, 5.41) is 11.4. The third-order valence-electron chi connectivity index (χ3n) is 5.41. The second kappa shape index (κ2) is 8.15. The van der Waals surface area contributed by atoms with Gasteiger partial charge in [-0.1, -0.05) is 17.3 Å². The summed E-state index contributed by atoms with van der Waals surface area (Å²) >= 11 is 0. The minimum Gasteiger partial charge on any atom is -0.497 e. The molecule has 2 aromatic rings. The zero-order valence-corrected chi connectivity index (χ0v) is 16.3. The first-order valence-electron chi connectivity index (χ1n) is 9.53. The van der Waals surface area contributed by atoms with Gasteiger partial charge in [0.1, 0.15) is 17.5 Å². The van der Waals surface area contributed by atoms with Crippen LogP contribution in [0.2, 0.25) is 0 Å². The first kappa shape index (κ1) is 18.7. The smallest absolute Gasteiger partial charge is 0.317 e. The fourth-order valence-electron chi connectivity index (χ4n) is 3.68. The van der Waals surface area contributed by atoms with E-state index in [9.17, 15) is 4.79 Å². The van der Waals surface area contributed by atoms with Gasteiger partial charge in [0.2, 0.25) is 0 Å². The quantitative estimate of drug-likeness (QED) is 0.844. The lowest BCUT2D eigenvalue weighted by Crippen LogP contribution is -2.50. The van der Waals surface area contributed by atoms with Crippen molar-refractivity contribution in [1.29, 1.82) is 0 Å². The van der Waals surface area contributed by atoms with Gasteiger partial charge in [-0.05, 0) is 17.7 Å². The minimum absolute atomic E-state index is 0.0151. The summed E-state index contributed by atoms with van der Waals surface area (Å²) in [7, 11) is 3.32. The van der Waals surface area contributed by atoms with Crippen LogP contribution in [0.3, 0.4) is 0 Å². The van der Waals surface area contributed by atoms with Crippen molar-refractivity contribution in [2.45, 2.75) is 25.8 Å². The molecule has 2 aliphatic heterocycles. The molecule has 1 saturated heterocycles. The van der Waals surface area contributed by atoms with Crippen molar-refractivity contribution in [3.05, 3.63) is 41.2 Å². The Hall–Kier alpha value is -2.65. The summed E-state index contributed by atoms with van der Waals surface area (Å²) in [4.78, 5) is 15.9. The van der Waals surface area contributed by atoms with E-state index < -0.39 is 0 Å². The lowest BCUT2D eigenvalue weighted by Gasteiger charge is -2.34. The van der Waals surface area contributed by atoms with E-state index in [1.54, 1.807) is 14.2 Å². The van der Waals surface area contributed by atoms with E-state index in [4.69, 9.17) is 9.47 Å². The summed E-state index contributed by atoms with van der Waals surface area (Å²) in [5.74, 6) is 0.833. The van der Waals surface area contributed by atoms with Crippen LogP contribution in [0.1, 0.15) is 23.1 Å². The third-order valence-corrected chi connectivity index (χ3v) is 5.41. The highest BCUT2D eigenvalue weighted by Gasteiger charge is 2.27. The summed E-state index contributed by atoms with van der Waals surface area (Å²) in [6.07, 6.45) is -0.0379. The van der Waals surface area contributed by atoms with Crippen LogP contribution in [0, 0.1) is 0 Å². The van der Waals surface area contributed by atoms with E-state index in [0.717, 1.165) is 55.4 Å². The number of hydrogen-bond donors (Lipinski definition) is 1. The van der Waals surface area contributed by atoms with Crippen LogP contribution in [0.25, 0.3) is 0 Å². The Morgan fingerprint density at radius 1 is 1.25 bits per heavy atom. The molecular formula is C19H26N6O3. The van der Waals surface area contributed by atoms with Crippen LogP contribution in [-0.4, -0.2) is 71.2 Å². The van der Waals surface area contributed by atoms with Crippen molar-refractivity contribution in [1.82, 2.24) is 30.1 Å². The summed E-state index contributed by atoms with van der Waals surface area (Å²) in [6.45, 7) is 4.98. The lowest BCUT2D eigenvalue weighted by atomic mass is 10.1. The monoisotopic (exact) mass is 386 g/mol. The second-order valence-corrected chi connectivity index (χ2v) is 7.06. The molecule has 1 N–H and O–H groups in total. The molecule has 3 heterocycles. The largest absolute Gasteiger partial charge is 0.497 e. The number of methoxy groups -OCH3 is 1. The first-order chi connectivity index (χ1) is 13.7. The first-order valence-corrected chi connectivity index (χ1v) is 9.53. The number of rotatable bonds is 4. The maximum Gasteiger partial charge on any atom is 0.317 e. The Morgan fingerprint density at radius 2 is 2.00 bits per heavy atom. The SMILES string of the molecule is CNC(=O)N1CCN(Cc2nnn3c2COC(c2ccc(OC)cc2)C3)CC1. The molecule has 0 radical (unpaired) electrons. The van der Waals surface area contributed by atoms with Crippen LogP contribution in [0.4, 0.5) is 4.79 Å². The highest BCUT2D eigenvalue weighted by molar-refractivity contribution is 5.73. The topological polar surface area (TPSA) is 84.8 Å². The number of nitrogens with one attached hydrogen (secondary N) is 1. The Bertz CT molecular complexity index is 814. The molecule has 0 bridgehead atoms. The Labute approximate surface area is 164 Å². The standard InChI is InChI=1S/C19H26N6O3/c1-20-19(26)24-9-7-23(8-10-24)11-16-17-13-28-18(12-25(17)22-21-16)14-3-5-15(27-2)6-4-14/h3-6,18H,7-13H2,1-2H3,(H,20,26). The molecule has 1 aromatic carbocycles. The maximum atomic E-state index is 11.7. The zero-order valence-electron chi connectivity index (χ0n) is 16.3. The number of piperazine rings is 1. The molecule has 1 aromatic heterocycles. The highest BCUT2D eigenvalue weighted by atomic mass is 16.5. The minimum atomic E-state index is -0.0379. The van der Waals surface area contributed by atoms with Crippen LogP contribution in [0.5, 0.6) is 5.75 Å². The van der Waals surface area contributed by atoms with Gasteiger partial charge < -0.3 is 19.7 Å². The number of hydrogen-bond acceptors (Lipinski definition) is 6. The summed E-state index contributed by atoms with van der Waals surface area (Å²) in [6, 6.07) is 7.92. The van der Waals surface area contributed by atoms with Gasteiger partial charge in [-0.2, -0.15) is 0 Å². The zero-order chi connectivity index (χ0) is 19.5. The molecule has 4 rings (SSSR count). The number of fused-ring (bicyclic) bond motifs is 1. The van der Waals surface area contributed by atoms with Gasteiger partial charge in [-0.25, -0.2) is 9.48 Å². The van der Waals surface area contributed by atoms with Gasteiger partial charge in [0, 0.05) is 39.8 Å². The molecule has 2 aliphatic rings. The van der Waals surface area contributed by atoms with Gasteiger partial charge in [0.05, 0.1) is 26.0 Å². The van der Waals surface area contributed by atoms with Crippen LogP contribution >= 0.6 is 0 Å². The molecule has 9 heteroatoms. The fraction of sp³-hybridized carbons (Fsp3) is 0.526. The van der Waals surface area contributed by atoms with Gasteiger partial charge >= 0.3 is 6.03 Å². The van der Waals surface area contributed by atoms with E-state index in [1.165, 1.54) is 0 Å². The third kappa shape index (κ3) is 3.81. The van der Waals surface area contributed by atoms with E-state index in [2.05, 4.69) is 20.5 Å². The van der Waals surface area contributed by atoms with Crippen LogP contribution in [-0.2, 0) is 24.4 Å². The molecule has 28 heavy (non-hydrogen) atoms. The number of nitrogens with zero attached hydrogens (tertiary/aromatic N) is 5. The number of aromatic nitrogens is 3. The number of carbonyl (C=O) groups is 1. The van der Waals surface area contributed by atoms with Gasteiger partial charge in [0.15, 0.2) is 0 Å². The van der Waals surface area contributed by atoms with Crippen molar-refractivity contribution in [2.24, 2.45) is 0 Å². The Balaban J connectivity index is 1.37. The maximum absolute atomic E-state index is 11.7. The molecule has 2 amide bonds. The molecule has 0 saturated carbocycles. The molecule has 0 aliphatic carbocycles. The predicted molar refractivity (Wildman–Crippen MR) is 102 cm³/mol. The number of carbonyl (C=O) groups excluding carboxylic acids is 1. The Morgan fingerprint density at radius 3 is 2.68 bits per heavy atom. The van der Waals surface area contributed by atoms with Crippen molar-refractivity contribution >= 4 is 6.03 Å². The number of ether oxygens (including phenoxy) is 2. The molecule has 0 spiro atoms. The van der Waals surface area contributed by atoms with Gasteiger partial charge in [-0.3, -0.25) is 4.90 Å². The Kier molecular flexibility index (Phi) is 5.45. The summed E-state index contributed by atoms with van der Waals surface area (Å²) in [5.41, 5.74) is 3.11. The highest BCUT2D eigenvalue weighted by Crippen LogP contribution is 2.28. The number of benzene rings is 1.